The third-order valence-electron chi connectivity index (χ3n) is 15.0. The Bertz CT molecular complexity index is 6600. The second-order valence-electron chi connectivity index (χ2n) is 23.5. The second kappa shape index (κ2) is 48.5. The van der Waals surface area contributed by atoms with Crippen molar-refractivity contribution in [2.45, 2.75) is 49.6 Å². The van der Waals surface area contributed by atoms with Crippen LogP contribution in [0.3, 0.4) is 0 Å². The summed E-state index contributed by atoms with van der Waals surface area (Å²) in [6, 6.07) is 18.6. The van der Waals surface area contributed by atoms with Crippen molar-refractivity contribution in [2.75, 3.05) is 6.61 Å². The van der Waals surface area contributed by atoms with Crippen LogP contribution in [0.1, 0.15) is 38.9 Å². The number of benzene rings is 6. The van der Waals surface area contributed by atoms with E-state index in [1.807, 2.05) is 0 Å². The molecule has 6 aromatic heterocycles. The fourth-order valence-corrected chi connectivity index (χ4v) is 13.2. The van der Waals surface area contributed by atoms with E-state index in [0.29, 0.717) is 77.3 Å². The number of fused-ring (bicyclic) bond motifs is 2. The molecule has 54 heteroatoms. The molecule has 0 fully saturated rings. The number of aliphatic hydroxyl groups is 2. The van der Waals surface area contributed by atoms with E-state index in [1.165, 1.54) is 36.7 Å². The van der Waals surface area contributed by atoms with E-state index in [9.17, 15) is 53.0 Å². The van der Waals surface area contributed by atoms with Gasteiger partial charge in [0.2, 0.25) is 28.7 Å². The molecule has 0 spiro atoms. The molecular weight excluding hydrogens is 2220 g/mol. The predicted molar refractivity (Wildman–Crippen MR) is 457 cm³/mol. The molecule has 0 bridgehead atoms. The zero-order valence-corrected chi connectivity index (χ0v) is 76.9. The van der Waals surface area contributed by atoms with Gasteiger partial charge in [-0.05, 0) is 126 Å². The van der Waals surface area contributed by atoms with Gasteiger partial charge in [0.1, 0.15) is 17.1 Å². The summed E-state index contributed by atoms with van der Waals surface area (Å²) in [5.74, 6) is 2.67. The van der Waals surface area contributed by atoms with E-state index < -0.39 is 77.4 Å². The van der Waals surface area contributed by atoms with Gasteiger partial charge in [0.15, 0.2) is 22.9 Å². The molecular formula is C73H48Cl15F9N14O14OsS. The van der Waals surface area contributed by atoms with Gasteiger partial charge in [0.05, 0.1) is 88.8 Å². The number of aliphatic hydroxyl groups excluding tert-OH is 2. The average molecular weight is 2270 g/mol. The number of aromatic hydroxyl groups is 1. The first-order valence-corrected chi connectivity index (χ1v) is 43.4. The number of pyridine rings is 2. The summed E-state index contributed by atoms with van der Waals surface area (Å²) in [6.45, 7) is 30.6. The van der Waals surface area contributed by atoms with Crippen molar-refractivity contribution in [3.63, 3.8) is 0 Å². The molecule has 28 nitrogen and oxygen atoms in total. The molecule has 6 heterocycles. The number of alkyl halides is 9. The standard InChI is InChI=1S/C19H12Cl3F3N4O3.C19H10Cl3F3N4O.C10H10Cl2N2O.C10H7Cl2N.C8H2Cl2F3NO3S.C7H3Cl2NO.ClH.H3NO.4O.Os/c20-12-4-11(13(21)2-8(12)1-10(31)7-30)16-27-18(32-28-16)15-6-29-5-9(19(23,24)25)3-14(22)17(29)26-15;1-2-3-9-4-13(21)11(6-12(9)20)16-27-18(30-28-16)15-8-29-7-10(19(23,24)25)5-14(22)17(29)26-15;1-2-3-6-4-9(12)7(5-8(6)11)10(13)14-15;1-3-4-7-5-9(12)10(13-2)6-8(7)11;1-14-6-2-5(10)7(3-4(6)9)17-18(15,16)8(11,12)13;1-10-6-2-5(9)7(11)3-4(6)8;;1-2;;;;;/h2-6,10,30-31H,1,7H2;2,4-8H,1,3H2;2,4-5,15H,1,3H2,(H2,13,14);3,5-6H,1,4H2;2-3H;2-3,11H;1H;2H,1H2;;;;;. The van der Waals surface area contributed by atoms with Crippen LogP contribution >= 0.6 is 175 Å². The maximum atomic E-state index is 13.0. The molecule has 0 amide bonds. The fourth-order valence-electron chi connectivity index (χ4n) is 9.38. The van der Waals surface area contributed by atoms with Crippen molar-refractivity contribution in [3.05, 3.63) is 291 Å². The third-order valence-corrected chi connectivity index (χ3v) is 20.3. The first-order chi connectivity index (χ1) is 58.7. The SMILES string of the molecule is C=CCc1cc(Cl)c(-c2noc(-c3cn4cc(C(F)(F)F)cc(Cl)c4n3)n2)cc1Cl.C=CCc1cc(Cl)c(/C(N)=N/O)cc1Cl.Cl.NO.OCC(O)Cc1cc(Cl)c(-c2noc(-c3cn4cc(C(F)(F)F)cc(Cl)c4n3)n2)cc1Cl.[C-]#[N+]c1cc(Cl)c(CC=C)cc1Cl.[C-]#[N+]c1cc(Cl)c(O)cc1Cl.[C-]#[N+]c1cc(Cl)c(OS(=O)(=O)C(F)(F)F)cc1Cl.[O]=[Os](=[O])(=[O])=[O]. The Morgan fingerprint density at radius 1 is 0.520 bits per heavy atom. The van der Waals surface area contributed by atoms with E-state index in [0.717, 1.165) is 62.2 Å². The Balaban J connectivity index is 0.000000327. The number of hydrogen-bond donors (Lipinski definition) is 7. The van der Waals surface area contributed by atoms with E-state index in [4.69, 9.17) is 232 Å². The Kier molecular flexibility index (Phi) is 42.1. The van der Waals surface area contributed by atoms with Crippen molar-refractivity contribution in [2.24, 2.45) is 16.8 Å². The van der Waals surface area contributed by atoms with Crippen molar-refractivity contribution in [3.8, 4) is 57.4 Å². The molecule has 676 valence electrons. The van der Waals surface area contributed by atoms with Crippen molar-refractivity contribution < 1.29 is 116 Å². The quantitative estimate of drug-likeness (QED) is 0.00544. The summed E-state index contributed by atoms with van der Waals surface area (Å²) < 4.78 is 187. The molecule has 0 aliphatic rings. The number of nitrogens with zero attached hydrogens (tertiary/aromatic N) is 12. The minimum atomic E-state index is -6.06. The molecule has 127 heavy (non-hydrogen) atoms. The fraction of sp³-hybridized carbons (Fsp3) is 0.123. The van der Waals surface area contributed by atoms with Gasteiger partial charge >= 0.3 is 57.0 Å². The van der Waals surface area contributed by atoms with Gasteiger partial charge in [-0.3, -0.25) is 0 Å². The van der Waals surface area contributed by atoms with Crippen LogP contribution in [0.2, 0.25) is 70.3 Å². The molecule has 0 aliphatic heterocycles. The van der Waals surface area contributed by atoms with Crippen LogP contribution in [0.5, 0.6) is 11.5 Å². The van der Waals surface area contributed by atoms with Crippen LogP contribution in [-0.4, -0.2) is 97.3 Å². The van der Waals surface area contributed by atoms with Gasteiger partial charge in [0.25, 0.3) is 11.8 Å². The van der Waals surface area contributed by atoms with Gasteiger partial charge in [-0.1, -0.05) is 196 Å². The van der Waals surface area contributed by atoms with E-state index in [1.54, 1.807) is 54.6 Å². The summed E-state index contributed by atoms with van der Waals surface area (Å²) in [5.41, 5.74) is 3.20. The zero-order valence-electron chi connectivity index (χ0n) is 62.2. The first-order valence-electron chi connectivity index (χ1n) is 32.6. The molecule has 0 radical (unpaired) electrons. The molecule has 6 aromatic carbocycles. The second-order valence-corrected chi connectivity index (χ2v) is 33.3. The van der Waals surface area contributed by atoms with E-state index in [2.05, 4.69) is 79.8 Å². The molecule has 0 saturated carbocycles. The normalized spacial score (nSPS) is 11.4. The molecule has 9 N–H and O–H groups in total. The number of allylic oxidation sites excluding steroid dienone is 3. The molecule has 0 saturated heterocycles. The number of amidine groups is 1. The number of rotatable bonds is 16. The van der Waals surface area contributed by atoms with Gasteiger partial charge in [0, 0.05) is 73.0 Å². The molecule has 1 atom stereocenters. The van der Waals surface area contributed by atoms with E-state index >= 15 is 0 Å². The number of nitrogens with two attached hydrogens (primary N) is 2. The summed E-state index contributed by atoms with van der Waals surface area (Å²) in [4.78, 5) is 26.1. The predicted octanol–water partition coefficient (Wildman–Crippen LogP) is 25.1. The van der Waals surface area contributed by atoms with Crippen LogP contribution in [-0.2, 0) is 77.2 Å². The van der Waals surface area contributed by atoms with Gasteiger partial charge < -0.3 is 53.5 Å². The monoisotopic (exact) mass is 2260 g/mol. The Morgan fingerprint density at radius 2 is 0.874 bits per heavy atom. The van der Waals surface area contributed by atoms with Gasteiger partial charge in [-0.2, -0.15) is 57.9 Å². The van der Waals surface area contributed by atoms with Crippen molar-refractivity contribution in [1.82, 2.24) is 39.1 Å². The Morgan fingerprint density at radius 3 is 1.26 bits per heavy atom. The molecule has 12 rings (SSSR count). The van der Waals surface area contributed by atoms with Gasteiger partial charge in [-0.15, -0.1) is 32.1 Å². The topological polar surface area (TPSA) is 403 Å². The molecule has 12 aromatic rings. The number of phenolic OH excluding ortho intramolecular Hbond substituents is 1. The average Bonchev–Trinajstić information content (AvgIpc) is 1.63. The van der Waals surface area contributed by atoms with E-state index in [-0.39, 0.29) is 123 Å². The minimum absolute atomic E-state index is 0. The first kappa shape index (κ1) is 110. The number of aromatic nitrogens is 8. The zero-order chi connectivity index (χ0) is 95.2. The van der Waals surface area contributed by atoms with Crippen LogP contribution in [0.15, 0.2) is 162 Å². The number of imidazole rings is 2. The number of halogens is 24. The van der Waals surface area contributed by atoms with Crippen LogP contribution < -0.4 is 15.8 Å². The maximum absolute atomic E-state index is 13.0. The molecule has 1 unspecified atom stereocenters. The Hall–Kier alpha value is -9.11. The summed E-state index contributed by atoms with van der Waals surface area (Å²) in [6.07, 6.45) is 1.29. The summed E-state index contributed by atoms with van der Waals surface area (Å²) >= 11 is 76.7. The van der Waals surface area contributed by atoms with Crippen molar-refractivity contribution in [1.29, 1.82) is 0 Å². The van der Waals surface area contributed by atoms with Crippen LogP contribution in [0, 0.1) is 19.7 Å². The third kappa shape index (κ3) is 31.3. The van der Waals surface area contributed by atoms with Crippen molar-refractivity contribution >= 4 is 219 Å². The summed E-state index contributed by atoms with van der Waals surface area (Å²) in [7, 11) is -5.83. The van der Waals surface area contributed by atoms with Crippen LogP contribution in [0.25, 0.3) is 71.8 Å². The number of oxime groups is 1. The van der Waals surface area contributed by atoms with Gasteiger partial charge in [-0.25, -0.2) is 30.4 Å². The molecule has 0 aliphatic carbocycles. The Labute approximate surface area is 788 Å². The number of hydrogen-bond acceptors (Lipinski definition) is 22. The van der Waals surface area contributed by atoms with Crippen LogP contribution in [0.4, 0.5) is 56.6 Å². The number of phenols is 1. The summed E-state index contributed by atoms with van der Waals surface area (Å²) in [5, 5.41) is 55.7.